The van der Waals surface area contributed by atoms with Crippen LogP contribution in [-0.4, -0.2) is 29.3 Å². The number of aromatic carboxylic acids is 1. The fourth-order valence-corrected chi connectivity index (χ4v) is 2.81. The first kappa shape index (κ1) is 17.0. The van der Waals surface area contributed by atoms with E-state index in [1.807, 2.05) is 12.1 Å². The number of hydrogen-bond acceptors (Lipinski definition) is 3. The summed E-state index contributed by atoms with van der Waals surface area (Å²) < 4.78 is 5.94. The van der Waals surface area contributed by atoms with Crippen LogP contribution in [0.2, 0.25) is 0 Å². The molecule has 1 aromatic carbocycles. The van der Waals surface area contributed by atoms with Gasteiger partial charge in [0.15, 0.2) is 0 Å². The minimum absolute atomic E-state index is 0.0317. The zero-order valence-corrected chi connectivity index (χ0v) is 13.8. The monoisotopic (exact) mass is 305 g/mol. The van der Waals surface area contributed by atoms with Gasteiger partial charge in [0.05, 0.1) is 17.3 Å². The van der Waals surface area contributed by atoms with E-state index >= 15 is 0 Å². The van der Waals surface area contributed by atoms with Crippen molar-refractivity contribution in [3.8, 4) is 0 Å². The Balaban J connectivity index is 1.58. The molecule has 1 aliphatic rings. The SMILES string of the molecule is CC(C)(C)OC1CC(CCNCc2ccc(C(=O)O)cc2)C1. The fraction of sp³-hybridized carbons (Fsp3) is 0.611. The van der Waals surface area contributed by atoms with Crippen molar-refractivity contribution in [3.05, 3.63) is 35.4 Å². The molecule has 0 saturated heterocycles. The van der Waals surface area contributed by atoms with E-state index in [4.69, 9.17) is 9.84 Å². The van der Waals surface area contributed by atoms with Crippen molar-refractivity contribution < 1.29 is 14.6 Å². The molecule has 0 atom stereocenters. The summed E-state index contributed by atoms with van der Waals surface area (Å²) in [5.41, 5.74) is 1.42. The second-order valence-electron chi connectivity index (χ2n) is 7.16. The van der Waals surface area contributed by atoms with Gasteiger partial charge in [-0.1, -0.05) is 12.1 Å². The number of nitrogens with one attached hydrogen (secondary N) is 1. The molecule has 1 aromatic rings. The van der Waals surface area contributed by atoms with Crippen molar-refractivity contribution in [2.24, 2.45) is 5.92 Å². The first-order valence-electron chi connectivity index (χ1n) is 8.04. The summed E-state index contributed by atoms with van der Waals surface area (Å²) in [5.74, 6) is -0.106. The summed E-state index contributed by atoms with van der Waals surface area (Å²) in [6.45, 7) is 8.11. The topological polar surface area (TPSA) is 58.6 Å². The van der Waals surface area contributed by atoms with Crippen molar-refractivity contribution in [2.75, 3.05) is 6.54 Å². The van der Waals surface area contributed by atoms with Crippen molar-refractivity contribution >= 4 is 5.97 Å². The van der Waals surface area contributed by atoms with E-state index in [9.17, 15) is 4.79 Å². The third-order valence-electron chi connectivity index (χ3n) is 3.97. The van der Waals surface area contributed by atoms with Gasteiger partial charge in [0.25, 0.3) is 0 Å². The van der Waals surface area contributed by atoms with Crippen LogP contribution in [0, 0.1) is 5.92 Å². The van der Waals surface area contributed by atoms with Gasteiger partial charge in [-0.05, 0) is 70.2 Å². The number of carbonyl (C=O) groups is 1. The molecule has 0 bridgehead atoms. The van der Waals surface area contributed by atoms with E-state index in [0.717, 1.165) is 24.6 Å². The molecule has 122 valence electrons. The van der Waals surface area contributed by atoms with Crippen LogP contribution in [0.4, 0.5) is 0 Å². The summed E-state index contributed by atoms with van der Waals surface area (Å²) in [7, 11) is 0. The Hall–Kier alpha value is -1.39. The maximum Gasteiger partial charge on any atom is 0.335 e. The average Bonchev–Trinajstić information content (AvgIpc) is 2.39. The lowest BCUT2D eigenvalue weighted by Crippen LogP contribution is -2.38. The summed E-state index contributed by atoms with van der Waals surface area (Å²) in [5, 5.41) is 12.3. The summed E-state index contributed by atoms with van der Waals surface area (Å²) in [4.78, 5) is 10.8. The lowest BCUT2D eigenvalue weighted by molar-refractivity contribution is -0.112. The fourth-order valence-electron chi connectivity index (χ4n) is 2.81. The summed E-state index contributed by atoms with van der Waals surface area (Å²) >= 11 is 0. The molecule has 0 unspecified atom stereocenters. The van der Waals surface area contributed by atoms with Gasteiger partial charge in [0, 0.05) is 6.54 Å². The molecule has 0 aliphatic heterocycles. The van der Waals surface area contributed by atoms with Gasteiger partial charge in [-0.3, -0.25) is 0 Å². The minimum atomic E-state index is -0.878. The van der Waals surface area contributed by atoms with E-state index < -0.39 is 5.97 Å². The minimum Gasteiger partial charge on any atom is -0.478 e. The molecule has 1 fully saturated rings. The molecule has 0 spiro atoms. The van der Waals surface area contributed by atoms with E-state index in [1.54, 1.807) is 12.1 Å². The number of ether oxygens (including phenoxy) is 1. The highest BCUT2D eigenvalue weighted by Crippen LogP contribution is 2.34. The van der Waals surface area contributed by atoms with Crippen molar-refractivity contribution in [1.82, 2.24) is 5.32 Å². The standard InChI is InChI=1S/C18H27NO3/c1-18(2,3)22-16-10-14(11-16)8-9-19-12-13-4-6-15(7-5-13)17(20)21/h4-7,14,16,19H,8-12H2,1-3H3,(H,20,21). The lowest BCUT2D eigenvalue weighted by atomic mass is 9.79. The molecule has 0 radical (unpaired) electrons. The first-order chi connectivity index (χ1) is 10.3. The Labute approximate surface area is 132 Å². The molecule has 22 heavy (non-hydrogen) atoms. The molecule has 1 aliphatic carbocycles. The Bertz CT molecular complexity index is 484. The highest BCUT2D eigenvalue weighted by molar-refractivity contribution is 5.87. The van der Waals surface area contributed by atoms with Gasteiger partial charge >= 0.3 is 5.97 Å². The molecule has 2 N–H and O–H groups in total. The molecule has 0 heterocycles. The van der Waals surface area contributed by atoms with E-state index in [-0.39, 0.29) is 5.60 Å². The van der Waals surface area contributed by atoms with Crippen LogP contribution in [0.3, 0.4) is 0 Å². The summed E-state index contributed by atoms with van der Waals surface area (Å²) in [6.07, 6.45) is 3.96. The van der Waals surface area contributed by atoms with Crippen LogP contribution in [-0.2, 0) is 11.3 Å². The average molecular weight is 305 g/mol. The first-order valence-corrected chi connectivity index (χ1v) is 8.04. The molecule has 4 heteroatoms. The third-order valence-corrected chi connectivity index (χ3v) is 3.97. The lowest BCUT2D eigenvalue weighted by Gasteiger charge is -2.39. The normalized spacial score (nSPS) is 21.4. The largest absolute Gasteiger partial charge is 0.478 e. The van der Waals surface area contributed by atoms with Gasteiger partial charge in [-0.25, -0.2) is 4.79 Å². The highest BCUT2D eigenvalue weighted by Gasteiger charge is 2.32. The van der Waals surface area contributed by atoms with Gasteiger partial charge in [0.2, 0.25) is 0 Å². The van der Waals surface area contributed by atoms with Crippen molar-refractivity contribution in [2.45, 2.75) is 58.3 Å². The van der Waals surface area contributed by atoms with E-state index in [0.29, 0.717) is 11.7 Å². The Morgan fingerprint density at radius 2 is 1.91 bits per heavy atom. The highest BCUT2D eigenvalue weighted by atomic mass is 16.5. The Morgan fingerprint density at radius 3 is 2.45 bits per heavy atom. The van der Waals surface area contributed by atoms with E-state index in [1.165, 1.54) is 19.3 Å². The van der Waals surface area contributed by atoms with Crippen LogP contribution < -0.4 is 5.32 Å². The van der Waals surface area contributed by atoms with Crippen molar-refractivity contribution in [1.29, 1.82) is 0 Å². The molecule has 2 rings (SSSR count). The number of rotatable bonds is 7. The van der Waals surface area contributed by atoms with Gasteiger partial charge < -0.3 is 15.2 Å². The van der Waals surface area contributed by atoms with Crippen LogP contribution in [0.15, 0.2) is 24.3 Å². The van der Waals surface area contributed by atoms with Crippen LogP contribution in [0.5, 0.6) is 0 Å². The Kier molecular flexibility index (Phi) is 5.59. The van der Waals surface area contributed by atoms with Crippen LogP contribution in [0.25, 0.3) is 0 Å². The van der Waals surface area contributed by atoms with Gasteiger partial charge in [0.1, 0.15) is 0 Å². The zero-order chi connectivity index (χ0) is 16.2. The second kappa shape index (κ2) is 7.25. The zero-order valence-electron chi connectivity index (χ0n) is 13.8. The quantitative estimate of drug-likeness (QED) is 0.757. The smallest absolute Gasteiger partial charge is 0.335 e. The predicted molar refractivity (Wildman–Crippen MR) is 87.1 cm³/mol. The number of carboxylic acids is 1. The number of benzene rings is 1. The number of carboxylic acid groups (broad SMARTS) is 1. The molecule has 1 saturated carbocycles. The second-order valence-corrected chi connectivity index (χ2v) is 7.16. The molecule has 0 aromatic heterocycles. The predicted octanol–water partition coefficient (Wildman–Crippen LogP) is 3.46. The Morgan fingerprint density at radius 1 is 1.27 bits per heavy atom. The molecule has 0 amide bonds. The van der Waals surface area contributed by atoms with E-state index in [2.05, 4.69) is 26.1 Å². The maximum atomic E-state index is 10.8. The molecular weight excluding hydrogens is 278 g/mol. The van der Waals surface area contributed by atoms with Gasteiger partial charge in [-0.15, -0.1) is 0 Å². The third kappa shape index (κ3) is 5.43. The van der Waals surface area contributed by atoms with Crippen LogP contribution in [0.1, 0.15) is 56.0 Å². The summed E-state index contributed by atoms with van der Waals surface area (Å²) in [6, 6.07) is 7.04. The van der Waals surface area contributed by atoms with Gasteiger partial charge in [-0.2, -0.15) is 0 Å². The number of hydrogen-bond donors (Lipinski definition) is 2. The van der Waals surface area contributed by atoms with Crippen LogP contribution >= 0.6 is 0 Å². The molecule has 4 nitrogen and oxygen atoms in total. The molecular formula is C18H27NO3. The maximum absolute atomic E-state index is 10.8. The van der Waals surface area contributed by atoms with Crippen molar-refractivity contribution in [3.63, 3.8) is 0 Å².